The number of thiophene rings is 1. The van der Waals surface area contributed by atoms with Crippen molar-refractivity contribution < 1.29 is 13.2 Å². The zero-order valence-electron chi connectivity index (χ0n) is 18.0. The maximum Gasteiger partial charge on any atom is 0.294 e. The number of rotatable bonds is 4. The largest absolute Gasteiger partial charge is 0.347 e. The number of anilines is 1. The maximum absolute atomic E-state index is 12.9. The van der Waals surface area contributed by atoms with Gasteiger partial charge < -0.3 is 4.90 Å². The Morgan fingerprint density at radius 3 is 2.50 bits per heavy atom. The molecule has 32 heavy (non-hydrogen) atoms. The fourth-order valence-corrected chi connectivity index (χ4v) is 7.56. The van der Waals surface area contributed by atoms with E-state index in [1.54, 1.807) is 13.0 Å². The molecule has 1 aromatic carbocycles. The Morgan fingerprint density at radius 1 is 1.16 bits per heavy atom. The van der Waals surface area contributed by atoms with E-state index in [9.17, 15) is 13.2 Å². The molecule has 0 N–H and O–H groups in total. The second-order valence-electron chi connectivity index (χ2n) is 7.84. The highest BCUT2D eigenvalue weighted by molar-refractivity contribution is 8.19. The first-order valence-electron chi connectivity index (χ1n) is 9.92. The number of fused-ring (bicyclic) bond motifs is 1. The number of sulfonamides is 1. The van der Waals surface area contributed by atoms with Crippen LogP contribution in [0.25, 0.3) is 0 Å². The van der Waals surface area contributed by atoms with E-state index >= 15 is 0 Å². The van der Waals surface area contributed by atoms with Crippen LogP contribution in [0.3, 0.4) is 0 Å². The fourth-order valence-electron chi connectivity index (χ4n) is 3.91. The van der Waals surface area contributed by atoms with Crippen LogP contribution in [0.1, 0.15) is 26.3 Å². The molecule has 0 radical (unpaired) electrons. The Balaban J connectivity index is 1.68. The van der Waals surface area contributed by atoms with Crippen LogP contribution in [0.5, 0.6) is 0 Å². The molecule has 4 rings (SSSR count). The average molecular weight is 508 g/mol. The van der Waals surface area contributed by atoms with Gasteiger partial charge in [0.25, 0.3) is 15.9 Å². The average Bonchev–Trinajstić information content (AvgIpc) is 3.36. The van der Waals surface area contributed by atoms with Crippen molar-refractivity contribution >= 4 is 61.5 Å². The molecule has 0 saturated carbocycles. The Kier molecular flexibility index (Phi) is 6.04. The van der Waals surface area contributed by atoms with Crippen molar-refractivity contribution in [1.82, 2.24) is 4.90 Å². The summed E-state index contributed by atoms with van der Waals surface area (Å²) >= 11 is 7.88. The summed E-state index contributed by atoms with van der Waals surface area (Å²) in [5, 5.41) is 0.147. The van der Waals surface area contributed by atoms with Gasteiger partial charge in [-0.3, -0.25) is 9.69 Å². The molecule has 0 atom stereocenters. The number of thioether (sulfide) groups is 1. The summed E-state index contributed by atoms with van der Waals surface area (Å²) in [5.41, 5.74) is 3.17. The van der Waals surface area contributed by atoms with Crippen molar-refractivity contribution in [2.75, 3.05) is 18.5 Å². The first-order chi connectivity index (χ1) is 15.1. The molecule has 0 unspecified atom stereocenters. The lowest BCUT2D eigenvalue weighted by molar-refractivity contribution is -0.122. The third kappa shape index (κ3) is 3.91. The summed E-state index contributed by atoms with van der Waals surface area (Å²) in [6.07, 6.45) is 3.69. The third-order valence-electron chi connectivity index (χ3n) is 5.54. The van der Waals surface area contributed by atoms with Gasteiger partial charge in [0.1, 0.15) is 4.21 Å². The molecular weight excluding hydrogens is 486 g/mol. The standard InChI is InChI=1S/C22H22ClN3O3S3/c1-5-26-20(27)16(30-21(26)24-32(28,29)19-13-12-18(23)31-19)10-11-17-22(2,3)14-8-6-7-9-15(14)25(17)4/h6-13H,5H2,1-4H3/b16-10-,17-11+,24-21-. The lowest BCUT2D eigenvalue weighted by Gasteiger charge is -2.23. The van der Waals surface area contributed by atoms with E-state index in [4.69, 9.17) is 11.6 Å². The molecule has 1 amide bonds. The molecule has 2 aliphatic heterocycles. The zero-order valence-corrected chi connectivity index (χ0v) is 21.2. The first-order valence-corrected chi connectivity index (χ1v) is 13.4. The number of nitrogens with zero attached hydrogens (tertiary/aromatic N) is 3. The lowest BCUT2D eigenvalue weighted by Crippen LogP contribution is -2.29. The van der Waals surface area contributed by atoms with Gasteiger partial charge in [-0.2, -0.15) is 8.42 Å². The molecule has 1 saturated heterocycles. The summed E-state index contributed by atoms with van der Waals surface area (Å²) in [5.74, 6) is -0.261. The van der Waals surface area contributed by atoms with Crippen LogP contribution in [0.4, 0.5) is 5.69 Å². The summed E-state index contributed by atoms with van der Waals surface area (Å²) in [4.78, 5) is 16.9. The highest BCUT2D eigenvalue weighted by Crippen LogP contribution is 2.47. The van der Waals surface area contributed by atoms with Gasteiger partial charge in [0.15, 0.2) is 5.17 Å². The van der Waals surface area contributed by atoms with Gasteiger partial charge in [-0.05, 0) is 54.6 Å². The van der Waals surface area contributed by atoms with Gasteiger partial charge in [-0.25, -0.2) is 0 Å². The molecule has 3 heterocycles. The van der Waals surface area contributed by atoms with Crippen molar-refractivity contribution in [2.45, 2.75) is 30.4 Å². The molecule has 0 bridgehead atoms. The molecular formula is C22H22ClN3O3S3. The molecule has 2 aromatic rings. The van der Waals surface area contributed by atoms with E-state index in [0.717, 1.165) is 34.5 Å². The van der Waals surface area contributed by atoms with Crippen molar-refractivity contribution in [1.29, 1.82) is 0 Å². The van der Waals surface area contributed by atoms with E-state index in [1.807, 2.05) is 25.3 Å². The highest BCUT2D eigenvalue weighted by atomic mass is 35.5. The molecule has 6 nitrogen and oxygen atoms in total. The second kappa shape index (κ2) is 8.37. The SMILES string of the molecule is CCN1C(=O)/C(=C/C=C2/N(C)c3ccccc3C2(C)C)S/C1=N\S(=O)(=O)c1ccc(Cl)s1. The summed E-state index contributed by atoms with van der Waals surface area (Å²) in [7, 11) is -1.95. The van der Waals surface area contributed by atoms with Crippen molar-refractivity contribution in [2.24, 2.45) is 4.40 Å². The number of carbonyl (C=O) groups excluding carboxylic acids is 1. The number of halogens is 1. The molecule has 10 heteroatoms. The lowest BCUT2D eigenvalue weighted by atomic mass is 9.84. The topological polar surface area (TPSA) is 70.1 Å². The summed E-state index contributed by atoms with van der Waals surface area (Å²) in [6, 6.07) is 11.1. The number of amides is 1. The Labute approximate surface area is 201 Å². The van der Waals surface area contributed by atoms with E-state index in [2.05, 4.69) is 35.3 Å². The molecule has 0 aliphatic carbocycles. The normalized spacial score (nSPS) is 21.9. The van der Waals surface area contributed by atoms with Gasteiger partial charge in [0, 0.05) is 30.4 Å². The minimum Gasteiger partial charge on any atom is -0.347 e. The predicted octanol–water partition coefficient (Wildman–Crippen LogP) is 5.24. The van der Waals surface area contributed by atoms with E-state index < -0.39 is 10.0 Å². The van der Waals surface area contributed by atoms with E-state index in [0.29, 0.717) is 15.8 Å². The third-order valence-corrected chi connectivity index (χ3v) is 9.64. The highest BCUT2D eigenvalue weighted by Gasteiger charge is 2.38. The van der Waals surface area contributed by atoms with Crippen molar-refractivity contribution in [3.8, 4) is 0 Å². The van der Waals surface area contributed by atoms with Crippen LogP contribution in [0.15, 0.2) is 67.8 Å². The number of amidine groups is 1. The quantitative estimate of drug-likeness (QED) is 0.529. The van der Waals surface area contributed by atoms with Crippen LogP contribution in [0.2, 0.25) is 4.34 Å². The van der Waals surface area contributed by atoms with Crippen LogP contribution >= 0.6 is 34.7 Å². The molecule has 168 valence electrons. The van der Waals surface area contributed by atoms with E-state index in [-0.39, 0.29) is 20.7 Å². The molecule has 0 spiro atoms. The summed E-state index contributed by atoms with van der Waals surface area (Å²) in [6.45, 7) is 6.39. The minimum atomic E-state index is -3.95. The first kappa shape index (κ1) is 23.1. The van der Waals surface area contributed by atoms with Gasteiger partial charge >= 0.3 is 0 Å². The number of allylic oxidation sites excluding steroid dienone is 3. The van der Waals surface area contributed by atoms with Crippen LogP contribution < -0.4 is 4.90 Å². The Hall–Kier alpha value is -2.07. The minimum absolute atomic E-state index is 0.0470. The number of hydrogen-bond donors (Lipinski definition) is 0. The molecule has 1 aromatic heterocycles. The maximum atomic E-state index is 12.9. The molecule has 1 fully saturated rings. The molecule has 2 aliphatic rings. The number of carbonyl (C=O) groups is 1. The van der Waals surface area contributed by atoms with Crippen molar-refractivity contribution in [3.63, 3.8) is 0 Å². The Bertz CT molecular complexity index is 1290. The smallest absolute Gasteiger partial charge is 0.294 e. The number of hydrogen-bond acceptors (Lipinski definition) is 6. The van der Waals surface area contributed by atoms with Crippen LogP contribution in [0, 0.1) is 0 Å². The van der Waals surface area contributed by atoms with Crippen molar-refractivity contribution in [3.05, 3.63) is 69.1 Å². The monoisotopic (exact) mass is 507 g/mol. The number of para-hydroxylation sites is 1. The fraction of sp³-hybridized carbons (Fsp3) is 0.273. The predicted molar refractivity (Wildman–Crippen MR) is 133 cm³/mol. The summed E-state index contributed by atoms with van der Waals surface area (Å²) < 4.78 is 29.7. The van der Waals surface area contributed by atoms with Gasteiger partial charge in [0.05, 0.1) is 9.24 Å². The van der Waals surface area contributed by atoms with Gasteiger partial charge in [0.2, 0.25) is 0 Å². The van der Waals surface area contributed by atoms with E-state index in [1.165, 1.54) is 22.6 Å². The van der Waals surface area contributed by atoms with Crippen LogP contribution in [-0.2, 0) is 20.2 Å². The zero-order chi connectivity index (χ0) is 23.3. The van der Waals surface area contributed by atoms with Gasteiger partial charge in [-0.1, -0.05) is 43.6 Å². The second-order valence-corrected chi connectivity index (χ2v) is 12.4. The number of likely N-dealkylation sites (N-methyl/N-ethyl adjacent to an activating group) is 2. The van der Waals surface area contributed by atoms with Gasteiger partial charge in [-0.15, -0.1) is 15.7 Å². The van der Waals surface area contributed by atoms with Crippen LogP contribution in [-0.4, -0.2) is 38.0 Å². The Morgan fingerprint density at radius 2 is 1.88 bits per heavy atom. The number of benzene rings is 1.